The summed E-state index contributed by atoms with van der Waals surface area (Å²) in [7, 11) is 0. The first-order valence-electron chi connectivity index (χ1n) is 4.96. The minimum Gasteiger partial charge on any atom is -0.353 e. The molecule has 2 rings (SSSR count). The monoisotopic (exact) mass is 208 g/mol. The quantitative estimate of drug-likeness (QED) is 0.722. The highest BCUT2D eigenvalue weighted by Gasteiger charge is 2.28. The second kappa shape index (κ2) is 3.98. The molecule has 1 heterocycles. The second-order valence-electron chi connectivity index (χ2n) is 3.77. The molecule has 1 aromatic carbocycles. The molecular formula is C11H13FN2O. The molecule has 2 N–H and O–H groups in total. The van der Waals surface area contributed by atoms with Gasteiger partial charge in [-0.25, -0.2) is 4.39 Å². The van der Waals surface area contributed by atoms with Crippen LogP contribution in [-0.4, -0.2) is 18.5 Å². The summed E-state index contributed by atoms with van der Waals surface area (Å²) in [6, 6.07) is 5.92. The summed E-state index contributed by atoms with van der Waals surface area (Å²) >= 11 is 0. The highest BCUT2D eigenvalue weighted by atomic mass is 19.1. The molecule has 1 aliphatic rings. The number of hydrogen-bond donors (Lipinski definition) is 2. The largest absolute Gasteiger partial charge is 0.353 e. The molecule has 0 aliphatic carbocycles. The van der Waals surface area contributed by atoms with Gasteiger partial charge in [0.1, 0.15) is 11.9 Å². The van der Waals surface area contributed by atoms with Crippen LogP contribution in [-0.2, 0) is 4.79 Å². The Morgan fingerprint density at radius 1 is 1.40 bits per heavy atom. The molecule has 2 unspecified atom stereocenters. The van der Waals surface area contributed by atoms with Gasteiger partial charge in [0.2, 0.25) is 5.91 Å². The predicted molar refractivity (Wildman–Crippen MR) is 54.7 cm³/mol. The average Bonchev–Trinajstić information content (AvgIpc) is 2.23. The molecule has 1 saturated heterocycles. The van der Waals surface area contributed by atoms with Gasteiger partial charge in [-0.15, -0.1) is 0 Å². The van der Waals surface area contributed by atoms with Crippen LogP contribution < -0.4 is 10.6 Å². The van der Waals surface area contributed by atoms with E-state index in [0.29, 0.717) is 12.1 Å². The zero-order valence-corrected chi connectivity index (χ0v) is 8.46. The number of halogens is 1. The van der Waals surface area contributed by atoms with Crippen molar-refractivity contribution in [2.24, 2.45) is 0 Å². The maximum Gasteiger partial charge on any atom is 0.241 e. The Morgan fingerprint density at radius 3 is 2.87 bits per heavy atom. The lowest BCUT2D eigenvalue weighted by Crippen LogP contribution is -2.52. The van der Waals surface area contributed by atoms with Crippen molar-refractivity contribution >= 4 is 5.91 Å². The molecule has 0 radical (unpaired) electrons. The fourth-order valence-electron chi connectivity index (χ4n) is 1.72. The van der Waals surface area contributed by atoms with Crippen molar-refractivity contribution in [3.05, 3.63) is 35.6 Å². The second-order valence-corrected chi connectivity index (χ2v) is 3.77. The van der Waals surface area contributed by atoms with Gasteiger partial charge in [-0.3, -0.25) is 10.1 Å². The van der Waals surface area contributed by atoms with Crippen molar-refractivity contribution in [1.82, 2.24) is 10.6 Å². The Bertz CT molecular complexity index is 381. The van der Waals surface area contributed by atoms with Gasteiger partial charge in [0.05, 0.1) is 0 Å². The maximum atomic E-state index is 13.5. The van der Waals surface area contributed by atoms with Gasteiger partial charge in [0, 0.05) is 18.2 Å². The molecule has 0 saturated carbocycles. The molecule has 1 aromatic rings. The Hall–Kier alpha value is -1.42. The number of benzene rings is 1. The number of nitrogens with one attached hydrogen (secondary N) is 2. The van der Waals surface area contributed by atoms with Gasteiger partial charge in [-0.2, -0.15) is 0 Å². The van der Waals surface area contributed by atoms with Crippen LogP contribution in [0.2, 0.25) is 0 Å². The lowest BCUT2D eigenvalue weighted by atomic mass is 10.0. The first kappa shape index (κ1) is 10.1. The van der Waals surface area contributed by atoms with Gasteiger partial charge in [-0.05, 0) is 13.0 Å². The number of piperazine rings is 1. The van der Waals surface area contributed by atoms with Crippen LogP contribution >= 0.6 is 0 Å². The van der Waals surface area contributed by atoms with Gasteiger partial charge in [0.15, 0.2) is 0 Å². The molecule has 80 valence electrons. The summed E-state index contributed by atoms with van der Waals surface area (Å²) in [6.07, 6.45) is 0. The van der Waals surface area contributed by atoms with E-state index in [2.05, 4.69) is 10.6 Å². The molecule has 15 heavy (non-hydrogen) atoms. The predicted octanol–water partition coefficient (Wildman–Crippen LogP) is 0.975. The van der Waals surface area contributed by atoms with E-state index in [-0.39, 0.29) is 17.8 Å². The summed E-state index contributed by atoms with van der Waals surface area (Å²) < 4.78 is 13.5. The minimum absolute atomic E-state index is 0.160. The molecule has 1 aliphatic heterocycles. The maximum absolute atomic E-state index is 13.5. The Morgan fingerprint density at radius 2 is 2.13 bits per heavy atom. The van der Waals surface area contributed by atoms with E-state index in [0.717, 1.165) is 0 Å². The standard InChI is InChI=1S/C11H13FN2O/c1-7-6-13-11(15)10(14-7)8-4-2-3-5-9(8)12/h2-5,7,10,14H,6H2,1H3,(H,13,15). The number of amides is 1. The van der Waals surface area contributed by atoms with E-state index in [9.17, 15) is 9.18 Å². The first-order chi connectivity index (χ1) is 7.18. The third-order valence-electron chi connectivity index (χ3n) is 2.51. The molecule has 1 amide bonds. The van der Waals surface area contributed by atoms with Crippen molar-refractivity contribution in [3.8, 4) is 0 Å². The molecule has 0 aromatic heterocycles. The van der Waals surface area contributed by atoms with Gasteiger partial charge in [0.25, 0.3) is 0 Å². The molecule has 1 fully saturated rings. The lowest BCUT2D eigenvalue weighted by Gasteiger charge is -2.29. The smallest absolute Gasteiger partial charge is 0.241 e. The average molecular weight is 208 g/mol. The number of carbonyl (C=O) groups is 1. The van der Waals surface area contributed by atoms with Gasteiger partial charge < -0.3 is 5.32 Å². The zero-order chi connectivity index (χ0) is 10.8. The van der Waals surface area contributed by atoms with Gasteiger partial charge >= 0.3 is 0 Å². The van der Waals surface area contributed by atoms with Crippen molar-refractivity contribution in [3.63, 3.8) is 0 Å². The van der Waals surface area contributed by atoms with Crippen molar-refractivity contribution in [2.75, 3.05) is 6.54 Å². The fraction of sp³-hybridized carbons (Fsp3) is 0.364. The van der Waals surface area contributed by atoms with E-state index in [1.807, 2.05) is 6.92 Å². The van der Waals surface area contributed by atoms with Crippen LogP contribution in [0.5, 0.6) is 0 Å². The highest BCUT2D eigenvalue weighted by Crippen LogP contribution is 2.19. The Labute approximate surface area is 87.7 Å². The van der Waals surface area contributed by atoms with Crippen LogP contribution in [0.15, 0.2) is 24.3 Å². The van der Waals surface area contributed by atoms with E-state index in [1.165, 1.54) is 6.07 Å². The summed E-state index contributed by atoms with van der Waals surface area (Å²) in [4.78, 5) is 11.6. The number of carbonyl (C=O) groups excluding carboxylic acids is 1. The fourth-order valence-corrected chi connectivity index (χ4v) is 1.72. The summed E-state index contributed by atoms with van der Waals surface area (Å²) in [5, 5.41) is 5.81. The van der Waals surface area contributed by atoms with E-state index in [4.69, 9.17) is 0 Å². The molecule has 4 heteroatoms. The SMILES string of the molecule is CC1CNC(=O)C(c2ccccc2F)N1. The van der Waals surface area contributed by atoms with Crippen molar-refractivity contribution in [1.29, 1.82) is 0 Å². The molecular weight excluding hydrogens is 195 g/mol. The lowest BCUT2D eigenvalue weighted by molar-refractivity contribution is -0.125. The van der Waals surface area contributed by atoms with Crippen LogP contribution in [0.4, 0.5) is 4.39 Å². The van der Waals surface area contributed by atoms with E-state index < -0.39 is 6.04 Å². The number of rotatable bonds is 1. The summed E-state index contributed by atoms with van der Waals surface area (Å²) in [5.41, 5.74) is 0.404. The minimum atomic E-state index is -0.574. The molecule has 0 bridgehead atoms. The van der Waals surface area contributed by atoms with Crippen molar-refractivity contribution < 1.29 is 9.18 Å². The summed E-state index contributed by atoms with van der Waals surface area (Å²) in [6.45, 7) is 2.54. The summed E-state index contributed by atoms with van der Waals surface area (Å²) in [5.74, 6) is -0.516. The Kier molecular flexibility index (Phi) is 2.68. The molecule has 2 atom stereocenters. The van der Waals surface area contributed by atoms with Crippen LogP contribution in [0.1, 0.15) is 18.5 Å². The Balaban J connectivity index is 2.29. The third-order valence-corrected chi connectivity index (χ3v) is 2.51. The highest BCUT2D eigenvalue weighted by molar-refractivity contribution is 5.84. The molecule has 0 spiro atoms. The van der Waals surface area contributed by atoms with Crippen LogP contribution in [0, 0.1) is 5.82 Å². The van der Waals surface area contributed by atoms with Crippen LogP contribution in [0.3, 0.4) is 0 Å². The van der Waals surface area contributed by atoms with Gasteiger partial charge in [-0.1, -0.05) is 18.2 Å². The normalized spacial score (nSPS) is 26.1. The topological polar surface area (TPSA) is 41.1 Å². The van der Waals surface area contributed by atoms with E-state index >= 15 is 0 Å². The zero-order valence-electron chi connectivity index (χ0n) is 8.46. The first-order valence-corrected chi connectivity index (χ1v) is 4.96. The number of hydrogen-bond acceptors (Lipinski definition) is 2. The van der Waals surface area contributed by atoms with E-state index in [1.54, 1.807) is 18.2 Å². The van der Waals surface area contributed by atoms with Crippen LogP contribution in [0.25, 0.3) is 0 Å². The molecule has 3 nitrogen and oxygen atoms in total. The van der Waals surface area contributed by atoms with Crippen molar-refractivity contribution in [2.45, 2.75) is 19.0 Å². The third kappa shape index (κ3) is 1.99.